The SMILES string of the molecule is COCC(O)C1CCCN(C(=O)OCc2ccccc2)C1. The van der Waals surface area contributed by atoms with E-state index < -0.39 is 6.10 Å². The highest BCUT2D eigenvalue weighted by Crippen LogP contribution is 2.21. The van der Waals surface area contributed by atoms with Crippen LogP contribution in [0.2, 0.25) is 0 Å². The maximum atomic E-state index is 12.1. The average Bonchev–Trinajstić information content (AvgIpc) is 2.54. The lowest BCUT2D eigenvalue weighted by atomic mass is 9.93. The Hall–Kier alpha value is -1.59. The maximum Gasteiger partial charge on any atom is 0.410 e. The predicted octanol–water partition coefficient (Wildman–Crippen LogP) is 2.04. The van der Waals surface area contributed by atoms with E-state index in [1.165, 1.54) is 0 Å². The zero-order valence-electron chi connectivity index (χ0n) is 12.4. The lowest BCUT2D eigenvalue weighted by molar-refractivity contribution is -0.00358. The highest BCUT2D eigenvalue weighted by Gasteiger charge is 2.29. The summed E-state index contributed by atoms with van der Waals surface area (Å²) in [6.45, 7) is 1.79. The third-order valence-electron chi connectivity index (χ3n) is 3.80. The Morgan fingerprint density at radius 1 is 1.43 bits per heavy atom. The van der Waals surface area contributed by atoms with Gasteiger partial charge in [0.1, 0.15) is 6.61 Å². The third-order valence-corrected chi connectivity index (χ3v) is 3.80. The fourth-order valence-electron chi connectivity index (χ4n) is 2.61. The van der Waals surface area contributed by atoms with Crippen molar-refractivity contribution in [3.8, 4) is 0 Å². The lowest BCUT2D eigenvalue weighted by Crippen LogP contribution is -2.44. The second-order valence-corrected chi connectivity index (χ2v) is 5.41. The Labute approximate surface area is 125 Å². The smallest absolute Gasteiger partial charge is 0.410 e. The minimum absolute atomic E-state index is 0.0583. The van der Waals surface area contributed by atoms with Crippen LogP contribution in [0.3, 0.4) is 0 Å². The molecule has 1 saturated heterocycles. The van der Waals surface area contributed by atoms with Crippen LogP contribution in [-0.4, -0.2) is 49.0 Å². The van der Waals surface area contributed by atoms with E-state index in [0.717, 1.165) is 18.4 Å². The highest BCUT2D eigenvalue weighted by atomic mass is 16.6. The van der Waals surface area contributed by atoms with Crippen molar-refractivity contribution in [3.05, 3.63) is 35.9 Å². The second-order valence-electron chi connectivity index (χ2n) is 5.41. The van der Waals surface area contributed by atoms with Crippen LogP contribution in [0.25, 0.3) is 0 Å². The first-order valence-corrected chi connectivity index (χ1v) is 7.33. The van der Waals surface area contributed by atoms with Gasteiger partial charge in [0.25, 0.3) is 0 Å². The Morgan fingerprint density at radius 2 is 2.19 bits per heavy atom. The second kappa shape index (κ2) is 8.00. The molecule has 1 aromatic carbocycles. The number of amides is 1. The van der Waals surface area contributed by atoms with E-state index in [4.69, 9.17) is 9.47 Å². The van der Waals surface area contributed by atoms with Gasteiger partial charge < -0.3 is 19.5 Å². The van der Waals surface area contributed by atoms with Gasteiger partial charge in [-0.05, 0) is 18.4 Å². The molecule has 0 bridgehead atoms. The van der Waals surface area contributed by atoms with Crippen molar-refractivity contribution in [2.75, 3.05) is 26.8 Å². The Morgan fingerprint density at radius 3 is 2.90 bits per heavy atom. The van der Waals surface area contributed by atoms with Gasteiger partial charge >= 0.3 is 6.09 Å². The summed E-state index contributed by atoms with van der Waals surface area (Å²) in [6.07, 6.45) is 0.951. The molecule has 0 aliphatic carbocycles. The Balaban J connectivity index is 1.81. The van der Waals surface area contributed by atoms with Crippen LogP contribution < -0.4 is 0 Å². The minimum Gasteiger partial charge on any atom is -0.445 e. The molecule has 2 unspecified atom stereocenters. The maximum absolute atomic E-state index is 12.1. The molecule has 116 valence electrons. The molecular formula is C16H23NO4. The fraction of sp³-hybridized carbons (Fsp3) is 0.562. The molecule has 1 aliphatic rings. The summed E-state index contributed by atoms with van der Waals surface area (Å²) in [7, 11) is 1.57. The highest BCUT2D eigenvalue weighted by molar-refractivity contribution is 5.67. The summed E-state index contributed by atoms with van der Waals surface area (Å²) in [5, 5.41) is 9.98. The van der Waals surface area contributed by atoms with Crippen LogP contribution in [0, 0.1) is 5.92 Å². The van der Waals surface area contributed by atoms with Gasteiger partial charge in [-0.25, -0.2) is 4.79 Å². The number of carbonyl (C=O) groups excluding carboxylic acids is 1. The van der Waals surface area contributed by atoms with Gasteiger partial charge in [0.2, 0.25) is 0 Å². The van der Waals surface area contributed by atoms with Crippen LogP contribution in [0.5, 0.6) is 0 Å². The van der Waals surface area contributed by atoms with Crippen molar-refractivity contribution in [1.29, 1.82) is 0 Å². The third kappa shape index (κ3) is 4.72. The zero-order chi connectivity index (χ0) is 15.1. The van der Waals surface area contributed by atoms with Gasteiger partial charge in [-0.15, -0.1) is 0 Å². The normalized spacial score (nSPS) is 20.1. The topological polar surface area (TPSA) is 59.0 Å². The Kier molecular flexibility index (Phi) is 6.02. The molecular weight excluding hydrogens is 270 g/mol. The number of piperidine rings is 1. The number of ether oxygens (including phenoxy) is 2. The molecule has 5 heteroatoms. The van der Waals surface area contributed by atoms with E-state index >= 15 is 0 Å². The summed E-state index contributed by atoms with van der Waals surface area (Å²) < 4.78 is 10.3. The molecule has 0 saturated carbocycles. The van der Waals surface area contributed by atoms with E-state index in [-0.39, 0.29) is 18.6 Å². The average molecular weight is 293 g/mol. The molecule has 0 spiro atoms. The first-order valence-electron chi connectivity index (χ1n) is 7.33. The van der Waals surface area contributed by atoms with Crippen LogP contribution in [0.1, 0.15) is 18.4 Å². The summed E-state index contributed by atoms with van der Waals surface area (Å²) in [4.78, 5) is 13.8. The number of nitrogens with zero attached hydrogens (tertiary/aromatic N) is 1. The number of likely N-dealkylation sites (tertiary alicyclic amines) is 1. The number of aliphatic hydroxyl groups is 1. The molecule has 0 radical (unpaired) electrons. The van der Waals surface area contributed by atoms with E-state index in [9.17, 15) is 9.90 Å². The van der Waals surface area contributed by atoms with Gasteiger partial charge in [0.15, 0.2) is 0 Å². The van der Waals surface area contributed by atoms with Crippen molar-refractivity contribution in [2.45, 2.75) is 25.6 Å². The van der Waals surface area contributed by atoms with Crippen molar-refractivity contribution < 1.29 is 19.4 Å². The van der Waals surface area contributed by atoms with Crippen LogP contribution in [0.15, 0.2) is 30.3 Å². The van der Waals surface area contributed by atoms with E-state index in [1.807, 2.05) is 30.3 Å². The predicted molar refractivity (Wildman–Crippen MR) is 78.8 cm³/mol. The molecule has 21 heavy (non-hydrogen) atoms. The molecule has 5 nitrogen and oxygen atoms in total. The van der Waals surface area contributed by atoms with Crippen LogP contribution in [0.4, 0.5) is 4.79 Å². The molecule has 1 heterocycles. The van der Waals surface area contributed by atoms with Gasteiger partial charge in [-0.1, -0.05) is 30.3 Å². The first kappa shape index (κ1) is 15.8. The van der Waals surface area contributed by atoms with Crippen LogP contribution in [-0.2, 0) is 16.1 Å². The quantitative estimate of drug-likeness (QED) is 0.902. The van der Waals surface area contributed by atoms with Gasteiger partial charge in [0.05, 0.1) is 12.7 Å². The van der Waals surface area contributed by atoms with Gasteiger partial charge in [0, 0.05) is 26.1 Å². The van der Waals surface area contributed by atoms with Crippen molar-refractivity contribution in [1.82, 2.24) is 4.90 Å². The molecule has 1 amide bonds. The number of rotatable bonds is 5. The molecule has 2 rings (SSSR count). The van der Waals surface area contributed by atoms with E-state index in [1.54, 1.807) is 12.0 Å². The fourth-order valence-corrected chi connectivity index (χ4v) is 2.61. The van der Waals surface area contributed by atoms with Crippen molar-refractivity contribution in [2.24, 2.45) is 5.92 Å². The Bertz CT molecular complexity index is 437. The molecule has 1 fully saturated rings. The minimum atomic E-state index is -0.528. The largest absolute Gasteiger partial charge is 0.445 e. The first-order chi connectivity index (χ1) is 10.2. The summed E-state index contributed by atoms with van der Waals surface area (Å²) in [5.41, 5.74) is 0.971. The number of carbonyl (C=O) groups is 1. The number of hydrogen-bond acceptors (Lipinski definition) is 4. The number of hydrogen-bond donors (Lipinski definition) is 1. The summed E-state index contributed by atoms with van der Waals surface area (Å²) in [5.74, 6) is 0.0583. The molecule has 0 aromatic heterocycles. The molecule has 1 N–H and O–H groups in total. The standard InChI is InChI=1S/C16H23NO4/c1-20-12-15(18)14-8-5-9-17(10-14)16(19)21-11-13-6-3-2-4-7-13/h2-4,6-7,14-15,18H,5,8-12H2,1H3. The number of benzene rings is 1. The number of methoxy groups -OCH3 is 1. The van der Waals surface area contributed by atoms with Crippen LogP contribution >= 0.6 is 0 Å². The number of aliphatic hydroxyl groups excluding tert-OH is 1. The van der Waals surface area contributed by atoms with Crippen molar-refractivity contribution in [3.63, 3.8) is 0 Å². The van der Waals surface area contributed by atoms with Crippen molar-refractivity contribution >= 4 is 6.09 Å². The lowest BCUT2D eigenvalue weighted by Gasteiger charge is -2.34. The zero-order valence-corrected chi connectivity index (χ0v) is 12.4. The monoisotopic (exact) mass is 293 g/mol. The van der Waals surface area contributed by atoms with E-state index in [2.05, 4.69) is 0 Å². The molecule has 1 aromatic rings. The summed E-state index contributed by atoms with van der Waals surface area (Å²) in [6, 6.07) is 9.61. The molecule has 2 atom stereocenters. The van der Waals surface area contributed by atoms with Gasteiger partial charge in [-0.3, -0.25) is 0 Å². The molecule has 1 aliphatic heterocycles. The van der Waals surface area contributed by atoms with E-state index in [0.29, 0.717) is 19.7 Å². The van der Waals surface area contributed by atoms with Gasteiger partial charge in [-0.2, -0.15) is 0 Å². The summed E-state index contributed by atoms with van der Waals surface area (Å²) >= 11 is 0.